The fraction of sp³-hybridized carbons (Fsp3) is 1.00. The third kappa shape index (κ3) is 2.92. The minimum Gasteiger partial charge on any atom is -0.632 e. The third-order valence-corrected chi connectivity index (χ3v) is 3.20. The number of rotatable bonds is 5. The quantitative estimate of drug-likeness (QED) is 0.508. The van der Waals surface area contributed by atoms with Crippen LogP contribution in [0.4, 0.5) is 0 Å². The Balaban J connectivity index is 2.54. The molecule has 14 heavy (non-hydrogen) atoms. The van der Waals surface area contributed by atoms with Crippen molar-refractivity contribution in [3.8, 4) is 0 Å². The van der Waals surface area contributed by atoms with Crippen LogP contribution in [0.25, 0.3) is 0 Å². The summed E-state index contributed by atoms with van der Waals surface area (Å²) >= 11 is 0. The number of aliphatic hydroxyl groups excluding tert-OH is 2. The van der Waals surface area contributed by atoms with Gasteiger partial charge in [0.05, 0.1) is 19.3 Å². The maximum atomic E-state index is 12.3. The Labute approximate surface area is 85.3 Å². The smallest absolute Gasteiger partial charge is 0.102 e. The van der Waals surface area contributed by atoms with E-state index in [4.69, 9.17) is 10.2 Å². The first-order valence-electron chi connectivity index (χ1n) is 5.52. The molecule has 0 aromatic carbocycles. The highest BCUT2D eigenvalue weighted by atomic mass is 16.6. The van der Waals surface area contributed by atoms with Crippen LogP contribution in [-0.4, -0.2) is 47.2 Å². The molecule has 1 rings (SSSR count). The van der Waals surface area contributed by atoms with Gasteiger partial charge in [0.1, 0.15) is 13.1 Å². The maximum Gasteiger partial charge on any atom is 0.102 e. The van der Waals surface area contributed by atoms with Gasteiger partial charge >= 0.3 is 0 Å². The molecule has 0 radical (unpaired) electrons. The second-order valence-electron chi connectivity index (χ2n) is 4.14. The summed E-state index contributed by atoms with van der Waals surface area (Å²) in [6.07, 6.45) is 5.34. The summed E-state index contributed by atoms with van der Waals surface area (Å²) in [6, 6.07) is 0.100. The molecule has 0 aromatic rings. The normalized spacial score (nSPS) is 19.9. The average Bonchev–Trinajstić information content (AvgIpc) is 2.20. The van der Waals surface area contributed by atoms with Crippen LogP contribution in [0.3, 0.4) is 0 Å². The van der Waals surface area contributed by atoms with Gasteiger partial charge in [0.15, 0.2) is 0 Å². The molecular weight excluding hydrogens is 182 g/mol. The molecule has 0 aromatic heterocycles. The van der Waals surface area contributed by atoms with Crippen LogP contribution in [0, 0.1) is 5.21 Å². The highest BCUT2D eigenvalue weighted by molar-refractivity contribution is 4.68. The van der Waals surface area contributed by atoms with Crippen molar-refractivity contribution in [2.45, 2.75) is 38.1 Å². The zero-order chi connectivity index (χ0) is 10.4. The van der Waals surface area contributed by atoms with Crippen molar-refractivity contribution in [2.24, 2.45) is 0 Å². The highest BCUT2D eigenvalue weighted by Crippen LogP contribution is 2.27. The fourth-order valence-corrected chi connectivity index (χ4v) is 2.37. The molecule has 4 nitrogen and oxygen atoms in total. The number of nitrogens with zero attached hydrogens (tertiary/aromatic N) is 1. The van der Waals surface area contributed by atoms with Gasteiger partial charge in [0, 0.05) is 0 Å². The number of hydroxylamine groups is 3. The Kier molecular flexibility index (Phi) is 4.81. The lowest BCUT2D eigenvalue weighted by Crippen LogP contribution is -2.54. The number of hydrogen-bond acceptors (Lipinski definition) is 3. The molecule has 4 heteroatoms. The number of aliphatic hydroxyl groups is 2. The zero-order valence-corrected chi connectivity index (χ0v) is 8.69. The van der Waals surface area contributed by atoms with Gasteiger partial charge < -0.3 is 20.1 Å². The van der Waals surface area contributed by atoms with E-state index in [1.807, 2.05) is 0 Å². The molecule has 0 heterocycles. The summed E-state index contributed by atoms with van der Waals surface area (Å²) in [5.41, 5.74) is 0. The first-order chi connectivity index (χ1) is 6.73. The molecule has 1 aliphatic carbocycles. The molecular formula is C10H21NO3. The van der Waals surface area contributed by atoms with E-state index in [2.05, 4.69) is 0 Å². The fourth-order valence-electron chi connectivity index (χ4n) is 2.37. The predicted octanol–water partition coefficient (Wildman–Crippen LogP) is 0.618. The second-order valence-corrected chi connectivity index (χ2v) is 4.14. The lowest BCUT2D eigenvalue weighted by atomic mass is 9.94. The van der Waals surface area contributed by atoms with Crippen LogP contribution in [0.2, 0.25) is 0 Å². The van der Waals surface area contributed by atoms with E-state index in [9.17, 15) is 5.21 Å². The number of quaternary nitrogens is 1. The van der Waals surface area contributed by atoms with E-state index in [0.717, 1.165) is 25.7 Å². The molecule has 0 atom stereocenters. The van der Waals surface area contributed by atoms with Gasteiger partial charge in [0.25, 0.3) is 0 Å². The van der Waals surface area contributed by atoms with Gasteiger partial charge in [-0.2, -0.15) is 0 Å². The van der Waals surface area contributed by atoms with Crippen LogP contribution in [0.15, 0.2) is 0 Å². The van der Waals surface area contributed by atoms with E-state index < -0.39 is 4.65 Å². The summed E-state index contributed by atoms with van der Waals surface area (Å²) < 4.78 is -0.396. The molecule has 1 aliphatic rings. The summed E-state index contributed by atoms with van der Waals surface area (Å²) in [5, 5.41) is 30.0. The first-order valence-corrected chi connectivity index (χ1v) is 5.52. The second kappa shape index (κ2) is 5.66. The van der Waals surface area contributed by atoms with Crippen molar-refractivity contribution >= 4 is 0 Å². The van der Waals surface area contributed by atoms with Crippen molar-refractivity contribution < 1.29 is 14.9 Å². The molecule has 0 saturated heterocycles. The average molecular weight is 203 g/mol. The Morgan fingerprint density at radius 2 is 1.50 bits per heavy atom. The minimum atomic E-state index is -0.396. The van der Waals surface area contributed by atoms with Crippen LogP contribution < -0.4 is 0 Å². The molecule has 84 valence electrons. The van der Waals surface area contributed by atoms with E-state index in [1.165, 1.54) is 6.42 Å². The molecule has 0 amide bonds. The summed E-state index contributed by atoms with van der Waals surface area (Å²) in [7, 11) is 0. The number of hydrogen-bond donors (Lipinski definition) is 2. The van der Waals surface area contributed by atoms with Crippen LogP contribution in [0.5, 0.6) is 0 Å². The van der Waals surface area contributed by atoms with E-state index in [0.29, 0.717) is 0 Å². The summed E-state index contributed by atoms with van der Waals surface area (Å²) in [4.78, 5) is 0. The van der Waals surface area contributed by atoms with Gasteiger partial charge in [-0.15, -0.1) is 0 Å². The molecule has 0 spiro atoms. The van der Waals surface area contributed by atoms with Crippen LogP contribution >= 0.6 is 0 Å². The molecule has 0 unspecified atom stereocenters. The van der Waals surface area contributed by atoms with E-state index in [1.54, 1.807) is 0 Å². The summed E-state index contributed by atoms with van der Waals surface area (Å²) in [5.74, 6) is 0. The monoisotopic (exact) mass is 203 g/mol. The van der Waals surface area contributed by atoms with Gasteiger partial charge in [-0.25, -0.2) is 0 Å². The lowest BCUT2D eigenvalue weighted by molar-refractivity contribution is -0.907. The summed E-state index contributed by atoms with van der Waals surface area (Å²) in [6.45, 7) is 0.288. The van der Waals surface area contributed by atoms with Gasteiger partial charge in [-0.05, 0) is 25.7 Å². The Hall–Kier alpha value is -0.160. The van der Waals surface area contributed by atoms with Gasteiger partial charge in [-0.1, -0.05) is 6.42 Å². The van der Waals surface area contributed by atoms with Crippen LogP contribution in [-0.2, 0) is 0 Å². The Bertz CT molecular complexity index is 151. The van der Waals surface area contributed by atoms with E-state index >= 15 is 0 Å². The molecule has 1 saturated carbocycles. The molecule has 1 fully saturated rings. The predicted molar refractivity (Wildman–Crippen MR) is 54.4 cm³/mol. The van der Waals surface area contributed by atoms with Gasteiger partial charge in [0.2, 0.25) is 0 Å². The van der Waals surface area contributed by atoms with Crippen LogP contribution in [0.1, 0.15) is 32.1 Å². The standard InChI is InChI=1S/C10H21NO3/c12-8-6-11(14,7-9-13)10-4-2-1-3-5-10/h10,12-13H,1-9H2. The highest BCUT2D eigenvalue weighted by Gasteiger charge is 2.29. The topological polar surface area (TPSA) is 63.5 Å². The van der Waals surface area contributed by atoms with Crippen molar-refractivity contribution in [1.29, 1.82) is 0 Å². The first kappa shape index (κ1) is 11.9. The molecule has 0 aliphatic heterocycles. The maximum absolute atomic E-state index is 12.3. The lowest BCUT2D eigenvalue weighted by Gasteiger charge is -2.49. The molecule has 0 bridgehead atoms. The van der Waals surface area contributed by atoms with Crippen molar-refractivity contribution in [3.63, 3.8) is 0 Å². The third-order valence-electron chi connectivity index (χ3n) is 3.20. The SMILES string of the molecule is [O-][N+](CCO)(CCO)C1CCCCC1. The van der Waals surface area contributed by atoms with Gasteiger partial charge in [-0.3, -0.25) is 0 Å². The molecule has 2 N–H and O–H groups in total. The minimum absolute atomic E-state index is 0.0833. The Morgan fingerprint density at radius 3 is 1.93 bits per heavy atom. The van der Waals surface area contributed by atoms with Crippen molar-refractivity contribution in [1.82, 2.24) is 0 Å². The largest absolute Gasteiger partial charge is 0.632 e. The van der Waals surface area contributed by atoms with E-state index in [-0.39, 0.29) is 32.3 Å². The zero-order valence-electron chi connectivity index (χ0n) is 8.69. The van der Waals surface area contributed by atoms with Crippen molar-refractivity contribution in [2.75, 3.05) is 26.3 Å². The Morgan fingerprint density at radius 1 is 1.00 bits per heavy atom. The van der Waals surface area contributed by atoms with Crippen molar-refractivity contribution in [3.05, 3.63) is 5.21 Å².